The number of aryl methyl sites for hydroxylation is 1. The molecule has 0 aromatic heterocycles. The summed E-state index contributed by atoms with van der Waals surface area (Å²) in [5.41, 5.74) is 9.51. The van der Waals surface area contributed by atoms with Gasteiger partial charge in [-0.1, -0.05) is 35.9 Å². The molecule has 3 rings (SSSR count). The van der Waals surface area contributed by atoms with Crippen LogP contribution in [0.3, 0.4) is 0 Å². The van der Waals surface area contributed by atoms with Crippen LogP contribution in [0.1, 0.15) is 35.6 Å². The molecule has 1 saturated carbocycles. The predicted octanol–water partition coefficient (Wildman–Crippen LogP) is 4.24. The summed E-state index contributed by atoms with van der Waals surface area (Å²) in [5.74, 6) is 0.927. The Hall–Kier alpha value is -1.51. The third kappa shape index (κ3) is 2.97. The zero-order valence-corrected chi connectivity index (χ0v) is 12.2. The van der Waals surface area contributed by atoms with Crippen molar-refractivity contribution in [1.82, 2.24) is 0 Å². The van der Waals surface area contributed by atoms with Gasteiger partial charge >= 0.3 is 0 Å². The van der Waals surface area contributed by atoms with Gasteiger partial charge in [0.15, 0.2) is 0 Å². The SMILES string of the molecule is Cc1cc(C(N)c2ccc(OC3CC3)cc2)ccc1Cl. The van der Waals surface area contributed by atoms with E-state index in [2.05, 4.69) is 0 Å². The Bertz CT molecular complexity index is 605. The molecule has 1 fully saturated rings. The molecule has 2 aromatic carbocycles. The lowest BCUT2D eigenvalue weighted by Gasteiger charge is -2.14. The average molecular weight is 288 g/mol. The highest BCUT2D eigenvalue weighted by Crippen LogP contribution is 2.29. The van der Waals surface area contributed by atoms with Crippen molar-refractivity contribution in [3.63, 3.8) is 0 Å². The Labute approximate surface area is 124 Å². The minimum atomic E-state index is -0.138. The van der Waals surface area contributed by atoms with Gasteiger partial charge in [-0.05, 0) is 54.7 Å². The smallest absolute Gasteiger partial charge is 0.119 e. The second-order valence-corrected chi connectivity index (χ2v) is 5.78. The highest BCUT2D eigenvalue weighted by Gasteiger charge is 2.23. The Morgan fingerprint density at radius 1 is 1.10 bits per heavy atom. The second kappa shape index (κ2) is 5.47. The molecule has 3 heteroatoms. The lowest BCUT2D eigenvalue weighted by atomic mass is 9.98. The first-order chi connectivity index (χ1) is 9.63. The van der Waals surface area contributed by atoms with Gasteiger partial charge < -0.3 is 10.5 Å². The van der Waals surface area contributed by atoms with Crippen molar-refractivity contribution >= 4 is 11.6 Å². The van der Waals surface area contributed by atoms with E-state index >= 15 is 0 Å². The van der Waals surface area contributed by atoms with Gasteiger partial charge in [-0.3, -0.25) is 0 Å². The molecule has 1 atom stereocenters. The zero-order chi connectivity index (χ0) is 14.1. The van der Waals surface area contributed by atoms with Gasteiger partial charge in [0.25, 0.3) is 0 Å². The normalized spacial score (nSPS) is 15.9. The van der Waals surface area contributed by atoms with E-state index in [1.807, 2.05) is 49.4 Å². The summed E-state index contributed by atoms with van der Waals surface area (Å²) in [5, 5.41) is 0.772. The van der Waals surface area contributed by atoms with Crippen LogP contribution in [0.2, 0.25) is 5.02 Å². The lowest BCUT2D eigenvalue weighted by Crippen LogP contribution is -2.12. The van der Waals surface area contributed by atoms with Crippen LogP contribution in [0.15, 0.2) is 42.5 Å². The maximum Gasteiger partial charge on any atom is 0.119 e. The molecule has 0 bridgehead atoms. The second-order valence-electron chi connectivity index (χ2n) is 5.37. The predicted molar refractivity (Wildman–Crippen MR) is 82.3 cm³/mol. The summed E-state index contributed by atoms with van der Waals surface area (Å²) in [6.45, 7) is 1.99. The van der Waals surface area contributed by atoms with Crippen molar-refractivity contribution in [2.24, 2.45) is 5.73 Å². The highest BCUT2D eigenvalue weighted by molar-refractivity contribution is 6.31. The summed E-state index contributed by atoms with van der Waals surface area (Å²) in [6.07, 6.45) is 2.77. The van der Waals surface area contributed by atoms with Gasteiger partial charge in [0.1, 0.15) is 5.75 Å². The van der Waals surface area contributed by atoms with Crippen LogP contribution in [0.5, 0.6) is 5.75 Å². The van der Waals surface area contributed by atoms with E-state index in [1.54, 1.807) is 0 Å². The van der Waals surface area contributed by atoms with Gasteiger partial charge in [0, 0.05) is 5.02 Å². The summed E-state index contributed by atoms with van der Waals surface area (Å²) in [7, 11) is 0. The number of nitrogens with two attached hydrogens (primary N) is 1. The molecule has 0 radical (unpaired) electrons. The van der Waals surface area contributed by atoms with Crippen molar-refractivity contribution in [1.29, 1.82) is 0 Å². The first kappa shape index (κ1) is 13.5. The van der Waals surface area contributed by atoms with Crippen molar-refractivity contribution in [2.75, 3.05) is 0 Å². The monoisotopic (exact) mass is 287 g/mol. The fourth-order valence-corrected chi connectivity index (χ4v) is 2.30. The largest absolute Gasteiger partial charge is 0.490 e. The molecule has 0 heterocycles. The third-order valence-electron chi connectivity index (χ3n) is 3.61. The van der Waals surface area contributed by atoms with Gasteiger partial charge in [0.2, 0.25) is 0 Å². The van der Waals surface area contributed by atoms with Crippen LogP contribution < -0.4 is 10.5 Å². The molecular formula is C17H18ClNO. The fraction of sp³-hybridized carbons (Fsp3) is 0.294. The van der Waals surface area contributed by atoms with Crippen molar-refractivity contribution in [3.05, 3.63) is 64.2 Å². The minimum Gasteiger partial charge on any atom is -0.490 e. The van der Waals surface area contributed by atoms with Crippen molar-refractivity contribution in [2.45, 2.75) is 31.9 Å². The molecule has 2 aromatic rings. The molecule has 2 N–H and O–H groups in total. The molecule has 0 aliphatic heterocycles. The van der Waals surface area contributed by atoms with E-state index in [0.29, 0.717) is 6.10 Å². The highest BCUT2D eigenvalue weighted by atomic mass is 35.5. The quantitative estimate of drug-likeness (QED) is 0.913. The Morgan fingerprint density at radius 3 is 2.35 bits per heavy atom. The number of rotatable bonds is 4. The third-order valence-corrected chi connectivity index (χ3v) is 4.03. The van der Waals surface area contributed by atoms with E-state index in [0.717, 1.165) is 27.5 Å². The fourth-order valence-electron chi connectivity index (χ4n) is 2.19. The Morgan fingerprint density at radius 2 is 1.75 bits per heavy atom. The number of benzene rings is 2. The molecule has 0 amide bonds. The van der Waals surface area contributed by atoms with E-state index in [1.165, 1.54) is 12.8 Å². The Balaban J connectivity index is 1.78. The van der Waals surface area contributed by atoms with Gasteiger partial charge in [-0.2, -0.15) is 0 Å². The van der Waals surface area contributed by atoms with Crippen LogP contribution >= 0.6 is 11.6 Å². The van der Waals surface area contributed by atoms with Crippen molar-refractivity contribution < 1.29 is 4.74 Å². The minimum absolute atomic E-state index is 0.138. The van der Waals surface area contributed by atoms with Crippen LogP contribution in [0.25, 0.3) is 0 Å². The number of halogens is 1. The number of ether oxygens (including phenoxy) is 1. The van der Waals surface area contributed by atoms with Gasteiger partial charge in [-0.15, -0.1) is 0 Å². The molecular weight excluding hydrogens is 270 g/mol. The first-order valence-electron chi connectivity index (χ1n) is 6.92. The molecule has 0 saturated heterocycles. The van der Waals surface area contributed by atoms with Crippen LogP contribution in [-0.2, 0) is 0 Å². The maximum absolute atomic E-state index is 6.32. The summed E-state index contributed by atoms with van der Waals surface area (Å²) in [4.78, 5) is 0. The molecule has 0 spiro atoms. The first-order valence-corrected chi connectivity index (χ1v) is 7.29. The average Bonchev–Trinajstić information content (AvgIpc) is 3.26. The summed E-state index contributed by atoms with van der Waals surface area (Å²) in [6, 6.07) is 13.8. The molecule has 20 heavy (non-hydrogen) atoms. The van der Waals surface area contributed by atoms with Gasteiger partial charge in [-0.25, -0.2) is 0 Å². The zero-order valence-electron chi connectivity index (χ0n) is 11.5. The summed E-state index contributed by atoms with van der Waals surface area (Å²) >= 11 is 6.05. The van der Waals surface area contributed by atoms with E-state index in [-0.39, 0.29) is 6.04 Å². The summed E-state index contributed by atoms with van der Waals surface area (Å²) < 4.78 is 5.74. The number of hydrogen-bond donors (Lipinski definition) is 1. The van der Waals surface area contributed by atoms with Crippen LogP contribution in [0, 0.1) is 6.92 Å². The Kier molecular flexibility index (Phi) is 3.68. The van der Waals surface area contributed by atoms with E-state index < -0.39 is 0 Å². The van der Waals surface area contributed by atoms with Crippen molar-refractivity contribution in [3.8, 4) is 5.75 Å². The molecule has 1 aliphatic carbocycles. The van der Waals surface area contributed by atoms with Gasteiger partial charge in [0.05, 0.1) is 12.1 Å². The lowest BCUT2D eigenvalue weighted by molar-refractivity contribution is 0.303. The van der Waals surface area contributed by atoms with E-state index in [9.17, 15) is 0 Å². The maximum atomic E-state index is 6.32. The molecule has 104 valence electrons. The topological polar surface area (TPSA) is 35.2 Å². The van der Waals surface area contributed by atoms with Crippen LogP contribution in [-0.4, -0.2) is 6.10 Å². The van der Waals surface area contributed by atoms with E-state index in [4.69, 9.17) is 22.1 Å². The number of hydrogen-bond acceptors (Lipinski definition) is 2. The van der Waals surface area contributed by atoms with Crippen LogP contribution in [0.4, 0.5) is 0 Å². The standard InChI is InChI=1S/C17H18ClNO/c1-11-10-13(4-9-16(11)18)17(19)12-2-5-14(6-3-12)20-15-7-8-15/h2-6,9-10,15,17H,7-8,19H2,1H3. The molecule has 1 aliphatic rings. The molecule has 2 nitrogen and oxygen atoms in total. The molecule has 1 unspecified atom stereocenters.